The van der Waals surface area contributed by atoms with Crippen LogP contribution in [0.15, 0.2) is 60.7 Å². The van der Waals surface area contributed by atoms with Gasteiger partial charge in [-0.05, 0) is 29.7 Å². The van der Waals surface area contributed by atoms with Crippen LogP contribution in [0.3, 0.4) is 0 Å². The molecule has 136 valence electrons. The first-order valence-electron chi connectivity index (χ1n) is 9.17. The van der Waals surface area contributed by atoms with E-state index in [0.29, 0.717) is 12.8 Å². The molecule has 1 saturated heterocycles. The number of aryl methyl sites for hydroxylation is 1. The Hall–Kier alpha value is -2.46. The lowest BCUT2D eigenvalue weighted by atomic mass is 10.1. The minimum absolute atomic E-state index is 0.161. The number of hydrogen-bond acceptors (Lipinski definition) is 2. The molecule has 0 bridgehead atoms. The number of halogens is 1. The van der Waals surface area contributed by atoms with Crippen molar-refractivity contribution in [3.8, 4) is 0 Å². The number of nitrogens with zero attached hydrogens (tertiary/aromatic N) is 2. The van der Waals surface area contributed by atoms with Crippen LogP contribution in [0.25, 0.3) is 6.08 Å². The van der Waals surface area contributed by atoms with Crippen molar-refractivity contribution >= 4 is 12.0 Å². The van der Waals surface area contributed by atoms with Crippen LogP contribution >= 0.6 is 0 Å². The zero-order chi connectivity index (χ0) is 18.2. The van der Waals surface area contributed by atoms with Crippen molar-refractivity contribution in [2.24, 2.45) is 0 Å². The highest BCUT2D eigenvalue weighted by atomic mass is 19.1. The summed E-state index contributed by atoms with van der Waals surface area (Å²) < 4.78 is 13.2. The molecule has 2 aromatic carbocycles. The maximum Gasteiger partial charge on any atom is 0.222 e. The standard InChI is InChI=1S/C22H25FN2O/c23-21-10-4-8-20(18-21)11-12-22(26)25-16-14-24(15-17-25)13-5-9-19-6-2-1-3-7-19/h1-10,18H,11-17H2/b9-5+. The van der Waals surface area contributed by atoms with Gasteiger partial charge in [-0.25, -0.2) is 4.39 Å². The van der Waals surface area contributed by atoms with E-state index < -0.39 is 0 Å². The first-order chi connectivity index (χ1) is 12.7. The van der Waals surface area contributed by atoms with Crippen molar-refractivity contribution in [1.29, 1.82) is 0 Å². The second-order valence-electron chi connectivity index (χ2n) is 6.62. The number of hydrogen-bond donors (Lipinski definition) is 0. The molecule has 1 fully saturated rings. The first-order valence-corrected chi connectivity index (χ1v) is 9.17. The molecule has 0 N–H and O–H groups in total. The Bertz CT molecular complexity index is 737. The van der Waals surface area contributed by atoms with E-state index in [1.54, 1.807) is 6.07 Å². The van der Waals surface area contributed by atoms with Gasteiger partial charge in [0, 0.05) is 39.1 Å². The highest BCUT2D eigenvalue weighted by Crippen LogP contribution is 2.10. The van der Waals surface area contributed by atoms with E-state index in [1.807, 2.05) is 29.2 Å². The summed E-state index contributed by atoms with van der Waals surface area (Å²) >= 11 is 0. The second kappa shape index (κ2) is 9.30. The minimum Gasteiger partial charge on any atom is -0.340 e. The van der Waals surface area contributed by atoms with Gasteiger partial charge in [-0.15, -0.1) is 0 Å². The summed E-state index contributed by atoms with van der Waals surface area (Å²) in [5.74, 6) is -0.0825. The lowest BCUT2D eigenvalue weighted by molar-refractivity contribution is -0.132. The molecular weight excluding hydrogens is 327 g/mol. The van der Waals surface area contributed by atoms with Gasteiger partial charge in [-0.2, -0.15) is 0 Å². The molecule has 4 heteroatoms. The smallest absolute Gasteiger partial charge is 0.222 e. The summed E-state index contributed by atoms with van der Waals surface area (Å²) in [6, 6.07) is 16.8. The van der Waals surface area contributed by atoms with E-state index in [0.717, 1.165) is 38.3 Å². The lowest BCUT2D eigenvalue weighted by Crippen LogP contribution is -2.48. The van der Waals surface area contributed by atoms with Gasteiger partial charge in [0.05, 0.1) is 0 Å². The van der Waals surface area contributed by atoms with Gasteiger partial charge in [0.1, 0.15) is 5.82 Å². The zero-order valence-electron chi connectivity index (χ0n) is 15.0. The van der Waals surface area contributed by atoms with Gasteiger partial charge in [0.15, 0.2) is 0 Å². The van der Waals surface area contributed by atoms with Crippen molar-refractivity contribution in [2.75, 3.05) is 32.7 Å². The maximum absolute atomic E-state index is 13.2. The third-order valence-corrected chi connectivity index (χ3v) is 4.72. The topological polar surface area (TPSA) is 23.6 Å². The molecule has 0 aromatic heterocycles. The molecule has 0 atom stereocenters. The summed E-state index contributed by atoms with van der Waals surface area (Å²) in [7, 11) is 0. The Kier molecular flexibility index (Phi) is 6.56. The van der Waals surface area contributed by atoms with Gasteiger partial charge in [0.2, 0.25) is 5.91 Å². The largest absolute Gasteiger partial charge is 0.340 e. The molecule has 26 heavy (non-hydrogen) atoms. The third kappa shape index (κ3) is 5.53. The molecule has 3 rings (SSSR count). The maximum atomic E-state index is 13.2. The molecule has 1 aliphatic rings. The van der Waals surface area contributed by atoms with Gasteiger partial charge in [0.25, 0.3) is 0 Å². The van der Waals surface area contributed by atoms with Crippen LogP contribution in [-0.4, -0.2) is 48.4 Å². The SMILES string of the molecule is O=C(CCc1cccc(F)c1)N1CCN(C/C=C/c2ccccc2)CC1. The second-order valence-corrected chi connectivity index (χ2v) is 6.62. The molecule has 3 nitrogen and oxygen atoms in total. The molecule has 0 radical (unpaired) electrons. The van der Waals surface area contributed by atoms with Crippen molar-refractivity contribution in [3.05, 3.63) is 77.6 Å². The van der Waals surface area contributed by atoms with Crippen LogP contribution < -0.4 is 0 Å². The number of carbonyl (C=O) groups is 1. The Morgan fingerprint density at radius 1 is 1.00 bits per heavy atom. The van der Waals surface area contributed by atoms with Gasteiger partial charge in [-0.1, -0.05) is 54.6 Å². The monoisotopic (exact) mass is 352 g/mol. The van der Waals surface area contributed by atoms with E-state index >= 15 is 0 Å². The molecule has 1 heterocycles. The van der Waals surface area contributed by atoms with Crippen molar-refractivity contribution in [3.63, 3.8) is 0 Å². The zero-order valence-corrected chi connectivity index (χ0v) is 15.0. The molecule has 2 aromatic rings. The van der Waals surface area contributed by atoms with Crippen molar-refractivity contribution < 1.29 is 9.18 Å². The fraction of sp³-hybridized carbons (Fsp3) is 0.318. The predicted octanol–water partition coefficient (Wildman–Crippen LogP) is 3.62. The number of rotatable bonds is 6. The highest BCUT2D eigenvalue weighted by molar-refractivity contribution is 5.76. The molecule has 0 saturated carbocycles. The van der Waals surface area contributed by atoms with Crippen LogP contribution in [0.4, 0.5) is 4.39 Å². The first kappa shape index (κ1) is 18.3. The summed E-state index contributed by atoms with van der Waals surface area (Å²) in [4.78, 5) is 16.6. The Morgan fingerprint density at radius 3 is 2.50 bits per heavy atom. The van der Waals surface area contributed by atoms with Gasteiger partial charge < -0.3 is 4.90 Å². The molecule has 1 aliphatic heterocycles. The Morgan fingerprint density at radius 2 is 1.77 bits per heavy atom. The highest BCUT2D eigenvalue weighted by Gasteiger charge is 2.20. The van der Waals surface area contributed by atoms with Crippen LogP contribution in [-0.2, 0) is 11.2 Å². The quantitative estimate of drug-likeness (QED) is 0.793. The fourth-order valence-electron chi connectivity index (χ4n) is 3.18. The number of benzene rings is 2. The van der Waals surface area contributed by atoms with Crippen LogP contribution in [0.2, 0.25) is 0 Å². The van der Waals surface area contributed by atoms with Crippen molar-refractivity contribution in [1.82, 2.24) is 9.80 Å². The molecule has 0 unspecified atom stereocenters. The van der Waals surface area contributed by atoms with Gasteiger partial charge in [-0.3, -0.25) is 9.69 Å². The van der Waals surface area contributed by atoms with Crippen LogP contribution in [0, 0.1) is 5.82 Å². The normalized spacial score (nSPS) is 15.5. The fourth-order valence-corrected chi connectivity index (χ4v) is 3.18. The lowest BCUT2D eigenvalue weighted by Gasteiger charge is -2.34. The molecule has 0 spiro atoms. The minimum atomic E-state index is -0.243. The van der Waals surface area contributed by atoms with Crippen LogP contribution in [0.5, 0.6) is 0 Å². The number of amides is 1. The predicted molar refractivity (Wildman–Crippen MR) is 103 cm³/mol. The third-order valence-electron chi connectivity index (χ3n) is 4.72. The van der Waals surface area contributed by atoms with E-state index in [2.05, 4.69) is 29.2 Å². The van der Waals surface area contributed by atoms with Crippen molar-refractivity contribution in [2.45, 2.75) is 12.8 Å². The van der Waals surface area contributed by atoms with E-state index in [4.69, 9.17) is 0 Å². The molecule has 0 aliphatic carbocycles. The summed E-state index contributed by atoms with van der Waals surface area (Å²) in [6.07, 6.45) is 5.35. The Labute approximate surface area is 154 Å². The van der Waals surface area contributed by atoms with E-state index in [1.165, 1.54) is 17.7 Å². The van der Waals surface area contributed by atoms with Gasteiger partial charge >= 0.3 is 0 Å². The average molecular weight is 352 g/mol. The van der Waals surface area contributed by atoms with E-state index in [9.17, 15) is 9.18 Å². The average Bonchev–Trinajstić information content (AvgIpc) is 2.68. The molecular formula is C22H25FN2O. The molecule has 1 amide bonds. The number of piperazine rings is 1. The van der Waals surface area contributed by atoms with E-state index in [-0.39, 0.29) is 11.7 Å². The summed E-state index contributed by atoms with van der Waals surface area (Å²) in [6.45, 7) is 4.22. The van der Waals surface area contributed by atoms with Crippen LogP contribution in [0.1, 0.15) is 17.5 Å². The Balaban J connectivity index is 1.39. The summed E-state index contributed by atoms with van der Waals surface area (Å²) in [5, 5.41) is 0. The number of carbonyl (C=O) groups excluding carboxylic acids is 1. The summed E-state index contributed by atoms with van der Waals surface area (Å²) in [5.41, 5.74) is 2.08.